The SMILES string of the molecule is CC(=O)N1CCCn2nc(CNS(=O)(=O)c3ccccc3F)cc2C1. The Bertz CT molecular complexity index is 895. The van der Waals surface area contributed by atoms with E-state index >= 15 is 0 Å². The number of benzene rings is 1. The number of fused-ring (bicyclic) bond motifs is 1. The van der Waals surface area contributed by atoms with E-state index in [4.69, 9.17) is 0 Å². The van der Waals surface area contributed by atoms with E-state index in [1.807, 2.05) is 0 Å². The molecule has 0 radical (unpaired) electrons. The lowest BCUT2D eigenvalue weighted by molar-refractivity contribution is -0.129. The van der Waals surface area contributed by atoms with Crippen LogP contribution in [0.2, 0.25) is 0 Å². The normalized spacial score (nSPS) is 14.9. The summed E-state index contributed by atoms with van der Waals surface area (Å²) < 4.78 is 42.3. The van der Waals surface area contributed by atoms with Crippen molar-refractivity contribution in [3.8, 4) is 0 Å². The molecule has 0 atom stereocenters. The summed E-state index contributed by atoms with van der Waals surface area (Å²) in [6, 6.07) is 6.98. The molecule has 9 heteroatoms. The van der Waals surface area contributed by atoms with Gasteiger partial charge in [0, 0.05) is 20.0 Å². The number of nitrogens with one attached hydrogen (secondary N) is 1. The Morgan fingerprint density at radius 1 is 1.32 bits per heavy atom. The summed E-state index contributed by atoms with van der Waals surface area (Å²) in [6.45, 7) is 3.27. The number of amides is 1. The number of carbonyl (C=O) groups is 1. The van der Waals surface area contributed by atoms with Crippen molar-refractivity contribution in [2.24, 2.45) is 0 Å². The molecule has 1 aliphatic rings. The minimum Gasteiger partial charge on any atom is -0.337 e. The van der Waals surface area contributed by atoms with E-state index in [0.717, 1.165) is 18.2 Å². The number of carbonyl (C=O) groups excluding carboxylic acids is 1. The predicted molar refractivity (Wildman–Crippen MR) is 88.4 cm³/mol. The first-order chi connectivity index (χ1) is 11.9. The summed E-state index contributed by atoms with van der Waals surface area (Å²) in [7, 11) is -3.96. The molecule has 1 aromatic carbocycles. The minimum atomic E-state index is -3.96. The summed E-state index contributed by atoms with van der Waals surface area (Å²) in [5.74, 6) is -0.802. The Balaban J connectivity index is 1.74. The second-order valence-electron chi connectivity index (χ2n) is 5.90. The first-order valence-electron chi connectivity index (χ1n) is 7.92. The maximum absolute atomic E-state index is 13.7. The number of halogens is 1. The topological polar surface area (TPSA) is 84.3 Å². The molecule has 1 aromatic heterocycles. The quantitative estimate of drug-likeness (QED) is 0.883. The molecular formula is C16H19FN4O3S. The first-order valence-corrected chi connectivity index (χ1v) is 9.40. The molecule has 25 heavy (non-hydrogen) atoms. The number of rotatable bonds is 4. The highest BCUT2D eigenvalue weighted by Gasteiger charge is 2.21. The summed E-state index contributed by atoms with van der Waals surface area (Å²) in [5.41, 5.74) is 1.38. The number of hydrogen-bond acceptors (Lipinski definition) is 4. The van der Waals surface area contributed by atoms with Gasteiger partial charge in [-0.1, -0.05) is 12.1 Å². The van der Waals surface area contributed by atoms with E-state index in [2.05, 4.69) is 9.82 Å². The smallest absolute Gasteiger partial charge is 0.243 e. The summed E-state index contributed by atoms with van der Waals surface area (Å²) >= 11 is 0. The van der Waals surface area contributed by atoms with Crippen molar-refractivity contribution in [3.63, 3.8) is 0 Å². The van der Waals surface area contributed by atoms with Crippen molar-refractivity contribution < 1.29 is 17.6 Å². The molecule has 0 aliphatic carbocycles. The Labute approximate surface area is 145 Å². The van der Waals surface area contributed by atoms with Gasteiger partial charge in [-0.25, -0.2) is 17.5 Å². The molecule has 134 valence electrons. The Morgan fingerprint density at radius 2 is 2.08 bits per heavy atom. The van der Waals surface area contributed by atoms with Crippen LogP contribution in [-0.2, 0) is 34.5 Å². The van der Waals surface area contributed by atoms with Crippen LogP contribution in [0.4, 0.5) is 4.39 Å². The Kier molecular flexibility index (Phi) is 4.87. The van der Waals surface area contributed by atoms with E-state index in [0.29, 0.717) is 25.3 Å². The zero-order chi connectivity index (χ0) is 18.0. The van der Waals surface area contributed by atoms with Gasteiger partial charge in [-0.2, -0.15) is 5.10 Å². The van der Waals surface area contributed by atoms with Crippen LogP contribution in [0.3, 0.4) is 0 Å². The van der Waals surface area contributed by atoms with Crippen LogP contribution in [0.25, 0.3) is 0 Å². The maximum atomic E-state index is 13.7. The lowest BCUT2D eigenvalue weighted by Gasteiger charge is -2.17. The third-order valence-corrected chi connectivity index (χ3v) is 5.51. The van der Waals surface area contributed by atoms with Gasteiger partial charge < -0.3 is 4.90 Å². The maximum Gasteiger partial charge on any atom is 0.243 e. The van der Waals surface area contributed by atoms with Crippen LogP contribution in [-0.4, -0.2) is 35.6 Å². The molecule has 0 spiro atoms. The lowest BCUT2D eigenvalue weighted by Crippen LogP contribution is -2.28. The van der Waals surface area contributed by atoms with E-state index < -0.39 is 20.7 Å². The standard InChI is InChI=1S/C16H19FN4O3S/c1-12(22)20-7-4-8-21-14(11-20)9-13(19-21)10-18-25(23,24)16-6-3-2-5-15(16)17/h2-3,5-6,9,18H,4,7-8,10-11H2,1H3. The van der Waals surface area contributed by atoms with Crippen LogP contribution in [0.15, 0.2) is 35.2 Å². The molecule has 3 rings (SSSR count). The van der Waals surface area contributed by atoms with E-state index in [9.17, 15) is 17.6 Å². The van der Waals surface area contributed by atoms with E-state index in [-0.39, 0.29) is 12.5 Å². The molecule has 0 unspecified atom stereocenters. The van der Waals surface area contributed by atoms with Crippen molar-refractivity contribution in [2.45, 2.75) is 37.9 Å². The van der Waals surface area contributed by atoms with Gasteiger partial charge in [0.25, 0.3) is 0 Å². The summed E-state index contributed by atoms with van der Waals surface area (Å²) in [4.78, 5) is 12.9. The molecule has 7 nitrogen and oxygen atoms in total. The molecule has 0 saturated heterocycles. The van der Waals surface area contributed by atoms with Crippen LogP contribution >= 0.6 is 0 Å². The average molecular weight is 366 g/mol. The molecule has 2 heterocycles. The predicted octanol–water partition coefficient (Wildman–Crippen LogP) is 1.25. The van der Waals surface area contributed by atoms with Gasteiger partial charge in [0.05, 0.1) is 24.5 Å². The fourth-order valence-electron chi connectivity index (χ4n) is 2.79. The number of aryl methyl sites for hydroxylation is 1. The van der Waals surface area contributed by atoms with Gasteiger partial charge in [-0.3, -0.25) is 9.48 Å². The van der Waals surface area contributed by atoms with Gasteiger partial charge in [-0.15, -0.1) is 0 Å². The van der Waals surface area contributed by atoms with Gasteiger partial charge in [0.1, 0.15) is 10.7 Å². The number of sulfonamides is 1. The third kappa shape index (κ3) is 3.88. The van der Waals surface area contributed by atoms with Crippen molar-refractivity contribution >= 4 is 15.9 Å². The zero-order valence-electron chi connectivity index (χ0n) is 13.8. The lowest BCUT2D eigenvalue weighted by atomic mass is 10.3. The average Bonchev–Trinajstić information content (AvgIpc) is 2.83. The molecule has 1 amide bonds. The molecule has 0 bridgehead atoms. The van der Waals surface area contributed by atoms with Crippen molar-refractivity contribution in [1.82, 2.24) is 19.4 Å². The molecular weight excluding hydrogens is 347 g/mol. The second-order valence-corrected chi connectivity index (χ2v) is 7.63. The third-order valence-electron chi connectivity index (χ3n) is 4.08. The number of hydrogen-bond donors (Lipinski definition) is 1. The highest BCUT2D eigenvalue weighted by molar-refractivity contribution is 7.89. The Hall–Kier alpha value is -2.26. The summed E-state index contributed by atoms with van der Waals surface area (Å²) in [5, 5.41) is 4.38. The summed E-state index contributed by atoms with van der Waals surface area (Å²) in [6.07, 6.45) is 0.786. The number of nitrogens with zero attached hydrogens (tertiary/aromatic N) is 3. The van der Waals surface area contributed by atoms with Gasteiger partial charge >= 0.3 is 0 Å². The van der Waals surface area contributed by atoms with Crippen molar-refractivity contribution in [3.05, 3.63) is 47.5 Å². The highest BCUT2D eigenvalue weighted by atomic mass is 32.2. The van der Waals surface area contributed by atoms with Crippen molar-refractivity contribution in [1.29, 1.82) is 0 Å². The monoisotopic (exact) mass is 366 g/mol. The van der Waals surface area contributed by atoms with Crippen LogP contribution in [0, 0.1) is 5.82 Å². The fraction of sp³-hybridized carbons (Fsp3) is 0.375. The van der Waals surface area contributed by atoms with E-state index in [1.165, 1.54) is 25.1 Å². The largest absolute Gasteiger partial charge is 0.337 e. The number of aromatic nitrogens is 2. The van der Waals surface area contributed by atoms with Crippen LogP contribution in [0.5, 0.6) is 0 Å². The van der Waals surface area contributed by atoms with E-state index in [1.54, 1.807) is 15.6 Å². The fourth-order valence-corrected chi connectivity index (χ4v) is 3.86. The minimum absolute atomic E-state index is 0.00328. The first kappa shape index (κ1) is 17.6. The van der Waals surface area contributed by atoms with Gasteiger partial charge in [-0.05, 0) is 24.6 Å². The van der Waals surface area contributed by atoms with Crippen molar-refractivity contribution in [2.75, 3.05) is 6.54 Å². The zero-order valence-corrected chi connectivity index (χ0v) is 14.6. The van der Waals surface area contributed by atoms with Crippen LogP contribution < -0.4 is 4.72 Å². The van der Waals surface area contributed by atoms with Crippen LogP contribution in [0.1, 0.15) is 24.7 Å². The molecule has 0 fully saturated rings. The molecule has 2 aromatic rings. The van der Waals surface area contributed by atoms with Gasteiger partial charge in [0.15, 0.2) is 0 Å². The Morgan fingerprint density at radius 3 is 2.80 bits per heavy atom. The molecule has 0 saturated carbocycles. The second kappa shape index (κ2) is 6.93. The highest BCUT2D eigenvalue weighted by Crippen LogP contribution is 2.16. The molecule has 1 aliphatic heterocycles. The molecule has 1 N–H and O–H groups in total. The van der Waals surface area contributed by atoms with Gasteiger partial charge in [0.2, 0.25) is 15.9 Å².